The van der Waals surface area contributed by atoms with Crippen LogP contribution in [0.15, 0.2) is 46.5 Å². The molecule has 0 saturated heterocycles. The molecule has 3 aromatic rings. The van der Waals surface area contributed by atoms with Crippen molar-refractivity contribution < 1.29 is 0 Å². The summed E-state index contributed by atoms with van der Waals surface area (Å²) in [5.74, 6) is 1.03. The average molecular weight is 285 g/mol. The van der Waals surface area contributed by atoms with E-state index in [0.29, 0.717) is 0 Å². The number of aromatic nitrogens is 3. The zero-order valence-electron chi connectivity index (χ0n) is 11.1. The van der Waals surface area contributed by atoms with Crippen LogP contribution < -0.4 is 11.1 Å². The Bertz CT molecular complexity index is 704. The lowest BCUT2D eigenvalue weighted by Gasteiger charge is -2.05. The standard InChI is InChI=1S/C14H15N5S/c1-2-16-11-8-13(19-14(15)18-11)20-12-7-9-5-3-4-6-10(9)17-12/h3-8,17H,2H2,1H3,(H3,15,16,18,19). The number of anilines is 2. The van der Waals surface area contributed by atoms with Crippen molar-refractivity contribution in [1.29, 1.82) is 0 Å². The molecule has 0 radical (unpaired) electrons. The van der Waals surface area contributed by atoms with Crippen LogP contribution in [-0.2, 0) is 0 Å². The quantitative estimate of drug-likeness (QED) is 0.642. The normalized spacial score (nSPS) is 10.8. The largest absolute Gasteiger partial charge is 0.370 e. The summed E-state index contributed by atoms with van der Waals surface area (Å²) in [6.07, 6.45) is 0. The van der Waals surface area contributed by atoms with Gasteiger partial charge in [-0.25, -0.2) is 4.98 Å². The highest BCUT2D eigenvalue weighted by Crippen LogP contribution is 2.29. The maximum atomic E-state index is 5.73. The summed E-state index contributed by atoms with van der Waals surface area (Å²) in [4.78, 5) is 11.7. The Morgan fingerprint density at radius 1 is 1.25 bits per heavy atom. The molecule has 0 aliphatic carbocycles. The molecular formula is C14H15N5S. The van der Waals surface area contributed by atoms with Gasteiger partial charge in [-0.15, -0.1) is 0 Å². The number of hydrogen-bond donors (Lipinski definition) is 3. The molecule has 0 saturated carbocycles. The van der Waals surface area contributed by atoms with Crippen LogP contribution in [0.2, 0.25) is 0 Å². The molecule has 2 heterocycles. The second-order valence-electron chi connectivity index (χ2n) is 4.30. The fourth-order valence-electron chi connectivity index (χ4n) is 1.98. The smallest absolute Gasteiger partial charge is 0.223 e. The first-order chi connectivity index (χ1) is 9.74. The molecule has 0 unspecified atom stereocenters. The second kappa shape index (κ2) is 5.42. The third-order valence-electron chi connectivity index (χ3n) is 2.80. The van der Waals surface area contributed by atoms with Crippen LogP contribution in [0.1, 0.15) is 6.92 Å². The van der Waals surface area contributed by atoms with Crippen molar-refractivity contribution in [3.8, 4) is 0 Å². The van der Waals surface area contributed by atoms with Crippen LogP contribution in [0.4, 0.5) is 11.8 Å². The van der Waals surface area contributed by atoms with E-state index in [0.717, 1.165) is 27.9 Å². The van der Waals surface area contributed by atoms with Gasteiger partial charge in [0, 0.05) is 23.5 Å². The first-order valence-corrected chi connectivity index (χ1v) is 7.20. The Labute approximate surface area is 121 Å². The minimum Gasteiger partial charge on any atom is -0.370 e. The van der Waals surface area contributed by atoms with Crippen LogP contribution in [0, 0.1) is 0 Å². The molecule has 0 amide bonds. The number of nitrogens with two attached hydrogens (primary N) is 1. The van der Waals surface area contributed by atoms with E-state index in [9.17, 15) is 0 Å². The molecule has 5 nitrogen and oxygen atoms in total. The van der Waals surface area contributed by atoms with Crippen LogP contribution in [0.3, 0.4) is 0 Å². The molecule has 0 aliphatic heterocycles. The van der Waals surface area contributed by atoms with Gasteiger partial charge in [0.2, 0.25) is 5.95 Å². The molecule has 0 spiro atoms. The fraction of sp³-hybridized carbons (Fsp3) is 0.143. The van der Waals surface area contributed by atoms with E-state index < -0.39 is 0 Å². The van der Waals surface area contributed by atoms with Crippen LogP contribution in [0.5, 0.6) is 0 Å². The topological polar surface area (TPSA) is 79.6 Å². The van der Waals surface area contributed by atoms with E-state index in [1.54, 1.807) is 11.8 Å². The Balaban J connectivity index is 1.90. The third kappa shape index (κ3) is 2.70. The maximum Gasteiger partial charge on any atom is 0.223 e. The van der Waals surface area contributed by atoms with Gasteiger partial charge < -0.3 is 16.0 Å². The minimum atomic E-state index is 0.280. The van der Waals surface area contributed by atoms with Gasteiger partial charge in [0.05, 0.1) is 5.03 Å². The number of hydrogen-bond acceptors (Lipinski definition) is 5. The molecule has 0 fully saturated rings. The lowest BCUT2D eigenvalue weighted by Crippen LogP contribution is -2.03. The predicted molar refractivity (Wildman–Crippen MR) is 83.0 cm³/mol. The summed E-state index contributed by atoms with van der Waals surface area (Å²) in [7, 11) is 0. The first kappa shape index (κ1) is 12.8. The summed E-state index contributed by atoms with van der Waals surface area (Å²) in [5, 5.41) is 6.18. The van der Waals surface area contributed by atoms with E-state index in [-0.39, 0.29) is 5.95 Å². The van der Waals surface area contributed by atoms with Crippen LogP contribution >= 0.6 is 11.8 Å². The average Bonchev–Trinajstić information content (AvgIpc) is 2.80. The highest BCUT2D eigenvalue weighted by molar-refractivity contribution is 7.99. The number of aromatic amines is 1. The Morgan fingerprint density at radius 3 is 2.90 bits per heavy atom. The molecule has 6 heteroatoms. The number of benzene rings is 1. The maximum absolute atomic E-state index is 5.73. The van der Waals surface area contributed by atoms with Gasteiger partial charge in [-0.3, -0.25) is 0 Å². The first-order valence-electron chi connectivity index (χ1n) is 6.38. The van der Waals surface area contributed by atoms with Crippen LogP contribution in [0.25, 0.3) is 10.9 Å². The van der Waals surface area contributed by atoms with Gasteiger partial charge >= 0.3 is 0 Å². The number of nitrogens with one attached hydrogen (secondary N) is 2. The lowest BCUT2D eigenvalue weighted by atomic mass is 10.3. The summed E-state index contributed by atoms with van der Waals surface area (Å²) in [6.45, 7) is 2.82. The molecule has 4 N–H and O–H groups in total. The van der Waals surface area contributed by atoms with Crippen molar-refractivity contribution >= 4 is 34.4 Å². The number of rotatable bonds is 4. The van der Waals surface area contributed by atoms with Crippen LogP contribution in [-0.4, -0.2) is 21.5 Å². The van der Waals surface area contributed by atoms with Gasteiger partial charge in [0.1, 0.15) is 10.8 Å². The molecule has 20 heavy (non-hydrogen) atoms. The molecule has 0 atom stereocenters. The van der Waals surface area contributed by atoms with E-state index in [4.69, 9.17) is 5.73 Å². The fourth-order valence-corrected chi connectivity index (χ4v) is 2.86. The van der Waals surface area contributed by atoms with Crippen molar-refractivity contribution in [3.05, 3.63) is 36.4 Å². The zero-order chi connectivity index (χ0) is 13.9. The molecule has 1 aromatic carbocycles. The number of nitrogens with zero attached hydrogens (tertiary/aromatic N) is 2. The lowest BCUT2D eigenvalue weighted by molar-refractivity contribution is 1.04. The van der Waals surface area contributed by atoms with Crippen molar-refractivity contribution in [1.82, 2.24) is 15.0 Å². The highest BCUT2D eigenvalue weighted by Gasteiger charge is 2.06. The van der Waals surface area contributed by atoms with Gasteiger partial charge in [-0.1, -0.05) is 30.0 Å². The molecule has 3 rings (SSSR count). The zero-order valence-corrected chi connectivity index (χ0v) is 11.9. The Hall–Kier alpha value is -2.21. The second-order valence-corrected chi connectivity index (χ2v) is 5.37. The monoisotopic (exact) mass is 285 g/mol. The van der Waals surface area contributed by atoms with Crippen molar-refractivity contribution in [2.45, 2.75) is 17.0 Å². The van der Waals surface area contributed by atoms with E-state index in [1.807, 2.05) is 25.1 Å². The molecule has 2 aromatic heterocycles. The van der Waals surface area contributed by atoms with Crippen molar-refractivity contribution in [2.24, 2.45) is 0 Å². The minimum absolute atomic E-state index is 0.280. The third-order valence-corrected chi connectivity index (χ3v) is 3.66. The van der Waals surface area contributed by atoms with E-state index in [1.165, 1.54) is 5.39 Å². The number of fused-ring (bicyclic) bond motifs is 1. The molecule has 0 bridgehead atoms. The molecule has 102 valence electrons. The number of nitrogen functional groups attached to an aromatic ring is 1. The van der Waals surface area contributed by atoms with Gasteiger partial charge in [-0.2, -0.15) is 4.98 Å². The Morgan fingerprint density at radius 2 is 2.10 bits per heavy atom. The number of H-pyrrole nitrogens is 1. The molecular weight excluding hydrogens is 270 g/mol. The summed E-state index contributed by atoms with van der Waals surface area (Å²) in [6, 6.07) is 12.2. The van der Waals surface area contributed by atoms with Gasteiger partial charge in [0.25, 0.3) is 0 Å². The Kier molecular flexibility index (Phi) is 3.47. The SMILES string of the molecule is CCNc1cc(Sc2cc3ccccc3[nH]2)nc(N)n1. The molecule has 0 aliphatic rings. The van der Waals surface area contributed by atoms with E-state index in [2.05, 4.69) is 38.5 Å². The van der Waals surface area contributed by atoms with Gasteiger partial charge in [-0.05, 0) is 19.1 Å². The summed E-state index contributed by atoms with van der Waals surface area (Å²) < 4.78 is 0. The summed E-state index contributed by atoms with van der Waals surface area (Å²) >= 11 is 1.54. The number of para-hydroxylation sites is 1. The summed E-state index contributed by atoms with van der Waals surface area (Å²) in [5.41, 5.74) is 6.85. The van der Waals surface area contributed by atoms with Crippen molar-refractivity contribution in [3.63, 3.8) is 0 Å². The highest BCUT2D eigenvalue weighted by atomic mass is 32.2. The van der Waals surface area contributed by atoms with E-state index >= 15 is 0 Å². The predicted octanol–water partition coefficient (Wildman–Crippen LogP) is 3.12. The van der Waals surface area contributed by atoms with Crippen molar-refractivity contribution in [2.75, 3.05) is 17.6 Å². The van der Waals surface area contributed by atoms with Gasteiger partial charge in [0.15, 0.2) is 0 Å².